The molecule has 0 bridgehead atoms. The Kier molecular flexibility index (Phi) is 7.02. The lowest BCUT2D eigenvalue weighted by Gasteiger charge is -2.23. The number of carbonyl (C=O) groups is 2. The van der Waals surface area contributed by atoms with Crippen molar-refractivity contribution in [2.75, 3.05) is 27.9 Å². The van der Waals surface area contributed by atoms with E-state index in [0.29, 0.717) is 39.5 Å². The van der Waals surface area contributed by atoms with Crippen LogP contribution in [0, 0.1) is 6.92 Å². The zero-order valence-electron chi connectivity index (χ0n) is 20.2. The van der Waals surface area contributed by atoms with Crippen molar-refractivity contribution in [3.8, 4) is 22.1 Å². The lowest BCUT2D eigenvalue weighted by atomic mass is 10.1. The number of rotatable bonds is 8. The van der Waals surface area contributed by atoms with Gasteiger partial charge in [0.1, 0.15) is 18.0 Å². The molecule has 0 spiro atoms. The van der Waals surface area contributed by atoms with E-state index in [2.05, 4.69) is 5.10 Å². The Balaban J connectivity index is 1.82. The second-order valence-electron chi connectivity index (χ2n) is 7.90. The van der Waals surface area contributed by atoms with Crippen molar-refractivity contribution >= 4 is 34.2 Å². The number of methoxy groups -OCH3 is 3. The van der Waals surface area contributed by atoms with E-state index in [0.717, 1.165) is 10.4 Å². The van der Waals surface area contributed by atoms with Crippen molar-refractivity contribution in [1.29, 1.82) is 0 Å². The number of aryl methyl sites for hydroxylation is 2. The number of amides is 1. The van der Waals surface area contributed by atoms with E-state index in [1.165, 1.54) is 23.3 Å². The molecule has 0 saturated heterocycles. The van der Waals surface area contributed by atoms with Crippen LogP contribution in [0.4, 0.5) is 0 Å². The molecular weight excluding hydrogens is 468 g/mol. The van der Waals surface area contributed by atoms with Crippen molar-refractivity contribution in [3.63, 3.8) is 0 Å². The van der Waals surface area contributed by atoms with Gasteiger partial charge in [0.15, 0.2) is 5.65 Å². The first-order chi connectivity index (χ1) is 16.8. The van der Waals surface area contributed by atoms with E-state index in [4.69, 9.17) is 19.2 Å². The second-order valence-corrected chi connectivity index (χ2v) is 8.85. The number of thiophene rings is 1. The minimum absolute atomic E-state index is 0.138. The van der Waals surface area contributed by atoms with Crippen molar-refractivity contribution in [3.05, 3.63) is 58.6 Å². The van der Waals surface area contributed by atoms with E-state index in [9.17, 15) is 9.59 Å². The van der Waals surface area contributed by atoms with Crippen LogP contribution in [0.25, 0.3) is 21.6 Å². The van der Waals surface area contributed by atoms with E-state index < -0.39 is 5.97 Å². The lowest BCUT2D eigenvalue weighted by molar-refractivity contribution is -0.141. The summed E-state index contributed by atoms with van der Waals surface area (Å²) in [7, 11) is 6.20. The maximum atomic E-state index is 14.0. The molecule has 4 aromatic rings. The van der Waals surface area contributed by atoms with E-state index >= 15 is 0 Å². The van der Waals surface area contributed by atoms with Crippen LogP contribution >= 0.6 is 11.3 Å². The highest BCUT2D eigenvalue weighted by Gasteiger charge is 2.26. The zero-order chi connectivity index (χ0) is 25.1. The van der Waals surface area contributed by atoms with E-state index in [1.807, 2.05) is 24.4 Å². The van der Waals surface area contributed by atoms with Crippen LogP contribution in [0.3, 0.4) is 0 Å². The Hall–Kier alpha value is -3.92. The van der Waals surface area contributed by atoms with Crippen LogP contribution < -0.4 is 9.47 Å². The zero-order valence-corrected chi connectivity index (χ0v) is 21.0. The SMILES string of the molecule is COC(=O)CN(Cc1cc(OC)cc(OC)c1)C(=O)c1cc(-c2cccs2)nc2c1c(C)nn2C. The van der Waals surface area contributed by atoms with Crippen LogP contribution in [0.1, 0.15) is 21.6 Å². The molecule has 1 aromatic carbocycles. The van der Waals surface area contributed by atoms with Crippen LogP contribution in [-0.2, 0) is 23.1 Å². The maximum Gasteiger partial charge on any atom is 0.325 e. The number of aromatic nitrogens is 3. The van der Waals surface area contributed by atoms with Gasteiger partial charge < -0.3 is 19.1 Å². The fraction of sp³-hybridized carbons (Fsp3) is 0.280. The minimum atomic E-state index is -0.528. The maximum absolute atomic E-state index is 14.0. The summed E-state index contributed by atoms with van der Waals surface area (Å²) in [6.45, 7) is 1.74. The summed E-state index contributed by atoms with van der Waals surface area (Å²) in [6.07, 6.45) is 0. The molecule has 0 radical (unpaired) electrons. The first-order valence-electron chi connectivity index (χ1n) is 10.8. The summed E-state index contributed by atoms with van der Waals surface area (Å²) in [5.74, 6) is 0.303. The number of hydrogen-bond donors (Lipinski definition) is 0. The summed E-state index contributed by atoms with van der Waals surface area (Å²) < 4.78 is 17.3. The number of esters is 1. The number of benzene rings is 1. The third-order valence-electron chi connectivity index (χ3n) is 5.59. The Morgan fingerprint density at radius 2 is 1.80 bits per heavy atom. The van der Waals surface area contributed by atoms with Gasteiger partial charge in [0.25, 0.3) is 5.91 Å². The van der Waals surface area contributed by atoms with Gasteiger partial charge in [-0.2, -0.15) is 5.10 Å². The topological polar surface area (TPSA) is 95.8 Å². The third-order valence-corrected chi connectivity index (χ3v) is 6.48. The quantitative estimate of drug-likeness (QED) is 0.344. The molecule has 0 atom stereocenters. The van der Waals surface area contributed by atoms with Gasteiger partial charge in [0.2, 0.25) is 0 Å². The van der Waals surface area contributed by atoms with Crippen molar-refractivity contribution in [2.24, 2.45) is 7.05 Å². The standard InChI is InChI=1S/C25H26N4O5S/c1-15-23-19(12-20(21-7-6-8-35-21)26-24(23)28(2)27-15)25(31)29(14-22(30)34-5)13-16-9-17(32-3)11-18(10-16)33-4/h6-12H,13-14H2,1-5H3. The van der Waals surface area contributed by atoms with Crippen molar-refractivity contribution in [2.45, 2.75) is 13.5 Å². The number of nitrogens with zero attached hydrogens (tertiary/aromatic N) is 4. The first-order valence-corrected chi connectivity index (χ1v) is 11.7. The average Bonchev–Trinajstić information content (AvgIpc) is 3.50. The molecule has 0 unspecified atom stereocenters. The lowest BCUT2D eigenvalue weighted by Crippen LogP contribution is -2.36. The fourth-order valence-corrected chi connectivity index (χ4v) is 4.62. The molecule has 0 saturated carbocycles. The van der Waals surface area contributed by atoms with Gasteiger partial charge >= 0.3 is 5.97 Å². The second kappa shape index (κ2) is 10.1. The molecule has 4 rings (SSSR count). The molecule has 1 amide bonds. The molecular formula is C25H26N4O5S. The molecule has 3 aromatic heterocycles. The molecule has 10 heteroatoms. The van der Waals surface area contributed by atoms with Gasteiger partial charge in [-0.1, -0.05) is 6.07 Å². The smallest absolute Gasteiger partial charge is 0.325 e. The van der Waals surface area contributed by atoms with Gasteiger partial charge in [-0.05, 0) is 42.1 Å². The molecule has 9 nitrogen and oxygen atoms in total. The van der Waals surface area contributed by atoms with Crippen LogP contribution in [0.15, 0.2) is 41.8 Å². The Morgan fingerprint density at radius 3 is 2.40 bits per heavy atom. The molecule has 0 fully saturated rings. The van der Waals surface area contributed by atoms with Crippen LogP contribution in [-0.4, -0.2) is 59.4 Å². The summed E-state index contributed by atoms with van der Waals surface area (Å²) in [5.41, 5.74) is 3.10. The Morgan fingerprint density at radius 1 is 1.09 bits per heavy atom. The Bertz CT molecular complexity index is 1360. The number of ether oxygens (including phenoxy) is 3. The molecule has 182 valence electrons. The number of fused-ring (bicyclic) bond motifs is 1. The predicted octanol–water partition coefficient (Wildman–Crippen LogP) is 3.84. The summed E-state index contributed by atoms with van der Waals surface area (Å²) in [5, 5.41) is 7.09. The van der Waals surface area contributed by atoms with Crippen molar-refractivity contribution in [1.82, 2.24) is 19.7 Å². The number of carbonyl (C=O) groups excluding carboxylic acids is 2. The molecule has 0 aliphatic heterocycles. The first kappa shape index (κ1) is 24.2. The highest BCUT2D eigenvalue weighted by molar-refractivity contribution is 7.13. The largest absolute Gasteiger partial charge is 0.497 e. The number of hydrogen-bond acceptors (Lipinski definition) is 8. The van der Waals surface area contributed by atoms with Gasteiger partial charge in [-0.3, -0.25) is 14.3 Å². The average molecular weight is 495 g/mol. The monoisotopic (exact) mass is 494 g/mol. The molecule has 0 N–H and O–H groups in total. The van der Waals surface area contributed by atoms with Gasteiger partial charge in [0, 0.05) is 19.7 Å². The normalized spacial score (nSPS) is 10.9. The predicted molar refractivity (Wildman–Crippen MR) is 133 cm³/mol. The van der Waals surface area contributed by atoms with Gasteiger partial charge in [-0.15, -0.1) is 11.3 Å². The Labute approximate surface area is 206 Å². The van der Waals surface area contributed by atoms with E-state index in [-0.39, 0.29) is 19.0 Å². The molecule has 3 heterocycles. The van der Waals surface area contributed by atoms with Crippen molar-refractivity contribution < 1.29 is 23.8 Å². The van der Waals surface area contributed by atoms with E-state index in [1.54, 1.807) is 50.2 Å². The highest BCUT2D eigenvalue weighted by atomic mass is 32.1. The molecule has 35 heavy (non-hydrogen) atoms. The fourth-order valence-electron chi connectivity index (χ4n) is 3.93. The van der Waals surface area contributed by atoms with Gasteiger partial charge in [-0.25, -0.2) is 4.98 Å². The molecule has 0 aliphatic rings. The van der Waals surface area contributed by atoms with Crippen LogP contribution in [0.5, 0.6) is 11.5 Å². The molecule has 0 aliphatic carbocycles. The number of pyridine rings is 1. The minimum Gasteiger partial charge on any atom is -0.497 e. The summed E-state index contributed by atoms with van der Waals surface area (Å²) in [4.78, 5) is 33.4. The highest BCUT2D eigenvalue weighted by Crippen LogP contribution is 2.31. The van der Waals surface area contributed by atoms with Crippen LogP contribution in [0.2, 0.25) is 0 Å². The third kappa shape index (κ3) is 4.97. The van der Waals surface area contributed by atoms with Gasteiger partial charge in [0.05, 0.1) is 48.5 Å². The summed E-state index contributed by atoms with van der Waals surface area (Å²) >= 11 is 1.53. The summed E-state index contributed by atoms with van der Waals surface area (Å²) in [6, 6.07) is 11.0.